The monoisotopic (exact) mass is 249 g/mol. The predicted molar refractivity (Wildman–Crippen MR) is 72.6 cm³/mol. The molecule has 18 heavy (non-hydrogen) atoms. The molecule has 0 saturated carbocycles. The molecule has 0 spiro atoms. The van der Waals surface area contributed by atoms with Gasteiger partial charge in [-0.3, -0.25) is 0 Å². The Balaban J connectivity index is 2.16. The lowest BCUT2D eigenvalue weighted by atomic mass is 9.90. The van der Waals surface area contributed by atoms with Gasteiger partial charge >= 0.3 is 0 Å². The number of ether oxygens (including phenoxy) is 2. The Morgan fingerprint density at radius 2 is 2.17 bits per heavy atom. The van der Waals surface area contributed by atoms with Gasteiger partial charge in [0.25, 0.3) is 0 Å². The van der Waals surface area contributed by atoms with E-state index < -0.39 is 0 Å². The van der Waals surface area contributed by atoms with Crippen LogP contribution >= 0.6 is 0 Å². The maximum absolute atomic E-state index is 5.75. The maximum atomic E-state index is 5.75. The topological polar surface area (TPSA) is 30.5 Å². The largest absolute Gasteiger partial charge is 0.381 e. The average Bonchev–Trinajstić information content (AvgIpc) is 2.93. The fourth-order valence-corrected chi connectivity index (χ4v) is 2.73. The van der Waals surface area contributed by atoms with Crippen molar-refractivity contribution in [3.8, 4) is 0 Å². The van der Waals surface area contributed by atoms with Gasteiger partial charge in [-0.1, -0.05) is 37.3 Å². The van der Waals surface area contributed by atoms with Gasteiger partial charge in [0.15, 0.2) is 0 Å². The Morgan fingerprint density at radius 1 is 1.39 bits per heavy atom. The number of likely N-dealkylation sites (N-methyl/N-ethyl adjacent to an activating group) is 1. The Bertz CT molecular complexity index is 336. The van der Waals surface area contributed by atoms with E-state index >= 15 is 0 Å². The zero-order valence-electron chi connectivity index (χ0n) is 11.3. The van der Waals surface area contributed by atoms with E-state index in [9.17, 15) is 0 Å². The molecule has 1 N–H and O–H groups in total. The number of rotatable bonds is 6. The first-order valence-corrected chi connectivity index (χ1v) is 6.75. The molecule has 3 unspecified atom stereocenters. The van der Waals surface area contributed by atoms with E-state index in [-0.39, 0.29) is 6.10 Å². The minimum absolute atomic E-state index is 0.0952. The van der Waals surface area contributed by atoms with Gasteiger partial charge in [-0.15, -0.1) is 0 Å². The molecule has 3 atom stereocenters. The van der Waals surface area contributed by atoms with Crippen LogP contribution in [-0.2, 0) is 9.47 Å². The highest BCUT2D eigenvalue weighted by Gasteiger charge is 2.32. The molecule has 1 aromatic carbocycles. The van der Waals surface area contributed by atoms with Gasteiger partial charge in [0.2, 0.25) is 0 Å². The third kappa shape index (κ3) is 3.10. The molecule has 1 fully saturated rings. The second-order valence-electron chi connectivity index (χ2n) is 4.77. The number of benzene rings is 1. The van der Waals surface area contributed by atoms with Crippen LogP contribution in [0.25, 0.3) is 0 Å². The Morgan fingerprint density at radius 3 is 2.72 bits per heavy atom. The van der Waals surface area contributed by atoms with Crippen molar-refractivity contribution in [2.75, 3.05) is 26.9 Å². The fraction of sp³-hybridized carbons (Fsp3) is 0.600. The molecule has 3 nitrogen and oxygen atoms in total. The summed E-state index contributed by atoms with van der Waals surface area (Å²) in [5.74, 6) is 0.537. The van der Waals surface area contributed by atoms with Crippen LogP contribution in [0.3, 0.4) is 0 Å². The van der Waals surface area contributed by atoms with Crippen molar-refractivity contribution >= 4 is 0 Å². The van der Waals surface area contributed by atoms with Crippen LogP contribution in [-0.4, -0.2) is 32.9 Å². The smallest absolute Gasteiger partial charge is 0.0977 e. The van der Waals surface area contributed by atoms with Crippen LogP contribution in [0.2, 0.25) is 0 Å². The Labute approximate surface area is 109 Å². The Hall–Kier alpha value is -0.900. The van der Waals surface area contributed by atoms with Gasteiger partial charge in [0.05, 0.1) is 12.7 Å². The highest BCUT2D eigenvalue weighted by Crippen LogP contribution is 2.29. The minimum atomic E-state index is 0.0952. The van der Waals surface area contributed by atoms with Crippen LogP contribution < -0.4 is 5.32 Å². The molecule has 0 aromatic heterocycles. The molecule has 0 aliphatic carbocycles. The van der Waals surface area contributed by atoms with E-state index in [1.165, 1.54) is 5.56 Å². The lowest BCUT2D eigenvalue weighted by Crippen LogP contribution is -2.42. The quantitative estimate of drug-likeness (QED) is 0.839. The summed E-state index contributed by atoms with van der Waals surface area (Å²) in [5.41, 5.74) is 1.23. The van der Waals surface area contributed by atoms with E-state index in [1.807, 2.05) is 6.07 Å². The van der Waals surface area contributed by atoms with Crippen molar-refractivity contribution < 1.29 is 9.47 Å². The summed E-state index contributed by atoms with van der Waals surface area (Å²) in [7, 11) is 1.79. The van der Waals surface area contributed by atoms with E-state index in [2.05, 4.69) is 36.5 Å². The van der Waals surface area contributed by atoms with Gasteiger partial charge in [-0.2, -0.15) is 0 Å². The first-order valence-electron chi connectivity index (χ1n) is 6.75. The predicted octanol–water partition coefficient (Wildman–Crippen LogP) is 2.39. The van der Waals surface area contributed by atoms with Crippen molar-refractivity contribution in [2.24, 2.45) is 5.92 Å². The number of hydrogen-bond donors (Lipinski definition) is 1. The van der Waals surface area contributed by atoms with Crippen LogP contribution in [0, 0.1) is 5.92 Å². The SMILES string of the molecule is CCNC(C1CCOC1)C(OC)c1ccccc1. The molecule has 3 heteroatoms. The lowest BCUT2D eigenvalue weighted by Gasteiger charge is -2.31. The molecule has 2 rings (SSSR count). The summed E-state index contributed by atoms with van der Waals surface area (Å²) in [4.78, 5) is 0. The molecule has 0 amide bonds. The molecule has 1 saturated heterocycles. The van der Waals surface area contributed by atoms with Crippen molar-refractivity contribution in [3.63, 3.8) is 0 Å². The zero-order chi connectivity index (χ0) is 12.8. The normalized spacial score (nSPS) is 22.9. The summed E-state index contributed by atoms with van der Waals surface area (Å²) in [6.07, 6.45) is 1.21. The highest BCUT2D eigenvalue weighted by atomic mass is 16.5. The summed E-state index contributed by atoms with van der Waals surface area (Å²) in [5, 5.41) is 3.57. The maximum Gasteiger partial charge on any atom is 0.0977 e. The molecule has 1 aliphatic heterocycles. The third-order valence-corrected chi connectivity index (χ3v) is 3.62. The summed E-state index contributed by atoms with van der Waals surface area (Å²) in [6.45, 7) is 4.80. The van der Waals surface area contributed by atoms with Crippen molar-refractivity contribution in [1.82, 2.24) is 5.32 Å². The van der Waals surface area contributed by atoms with Crippen molar-refractivity contribution in [1.29, 1.82) is 0 Å². The standard InChI is InChI=1S/C15H23NO2/c1-3-16-14(13-9-10-18-11-13)15(17-2)12-7-5-4-6-8-12/h4-8,13-16H,3,9-11H2,1-2H3. The van der Waals surface area contributed by atoms with Crippen LogP contribution in [0.4, 0.5) is 0 Å². The van der Waals surface area contributed by atoms with Gasteiger partial charge in [-0.05, 0) is 18.5 Å². The van der Waals surface area contributed by atoms with Gasteiger partial charge in [0, 0.05) is 25.7 Å². The third-order valence-electron chi connectivity index (χ3n) is 3.62. The average molecular weight is 249 g/mol. The van der Waals surface area contributed by atoms with Crippen molar-refractivity contribution in [3.05, 3.63) is 35.9 Å². The van der Waals surface area contributed by atoms with Crippen LogP contribution in [0.15, 0.2) is 30.3 Å². The highest BCUT2D eigenvalue weighted by molar-refractivity contribution is 5.19. The van der Waals surface area contributed by atoms with Crippen LogP contribution in [0.1, 0.15) is 25.0 Å². The Kier molecular flexibility index (Phi) is 5.17. The van der Waals surface area contributed by atoms with Crippen LogP contribution in [0.5, 0.6) is 0 Å². The van der Waals surface area contributed by atoms with E-state index in [0.717, 1.165) is 26.2 Å². The van der Waals surface area contributed by atoms with Gasteiger partial charge in [0.1, 0.15) is 0 Å². The second-order valence-corrected chi connectivity index (χ2v) is 4.77. The molecule has 1 aliphatic rings. The number of nitrogens with one attached hydrogen (secondary N) is 1. The molecule has 1 heterocycles. The summed E-state index contributed by atoms with van der Waals surface area (Å²) < 4.78 is 11.3. The number of hydrogen-bond acceptors (Lipinski definition) is 3. The van der Waals surface area contributed by atoms with Gasteiger partial charge in [-0.25, -0.2) is 0 Å². The van der Waals surface area contributed by atoms with E-state index in [0.29, 0.717) is 12.0 Å². The summed E-state index contributed by atoms with van der Waals surface area (Å²) in [6, 6.07) is 10.8. The second kappa shape index (κ2) is 6.88. The first-order chi connectivity index (χ1) is 8.86. The molecule has 0 radical (unpaired) electrons. The van der Waals surface area contributed by atoms with E-state index in [4.69, 9.17) is 9.47 Å². The van der Waals surface area contributed by atoms with Crippen molar-refractivity contribution in [2.45, 2.75) is 25.5 Å². The van der Waals surface area contributed by atoms with E-state index in [1.54, 1.807) is 7.11 Å². The lowest BCUT2D eigenvalue weighted by molar-refractivity contribution is 0.0434. The molecular formula is C15H23NO2. The number of methoxy groups -OCH3 is 1. The summed E-state index contributed by atoms with van der Waals surface area (Å²) >= 11 is 0. The molecule has 100 valence electrons. The minimum Gasteiger partial charge on any atom is -0.381 e. The molecular weight excluding hydrogens is 226 g/mol. The zero-order valence-corrected chi connectivity index (χ0v) is 11.3. The molecule has 1 aromatic rings. The fourth-order valence-electron chi connectivity index (χ4n) is 2.73. The van der Waals surface area contributed by atoms with Gasteiger partial charge < -0.3 is 14.8 Å². The molecule has 0 bridgehead atoms. The first kappa shape index (κ1) is 13.5.